The maximum absolute atomic E-state index is 12.3. The smallest absolute Gasteiger partial charge is 0.316 e. The first-order valence-electron chi connectivity index (χ1n) is 7.82. The van der Waals surface area contributed by atoms with E-state index in [1.54, 1.807) is 53.4 Å². The van der Waals surface area contributed by atoms with Crippen molar-refractivity contribution in [3.8, 4) is 5.75 Å². The third kappa shape index (κ3) is 3.88. The molecule has 3 rings (SSSR count). The molecule has 0 saturated carbocycles. The molecule has 0 aromatic heterocycles. The Kier molecular flexibility index (Phi) is 4.86. The van der Waals surface area contributed by atoms with E-state index in [4.69, 9.17) is 16.3 Å². The molecule has 1 atom stereocenters. The van der Waals surface area contributed by atoms with Gasteiger partial charge in [0.2, 0.25) is 5.91 Å². The Hall–Kier alpha value is -2.66. The Labute approximate surface area is 150 Å². The molecule has 0 N–H and O–H groups in total. The summed E-state index contributed by atoms with van der Waals surface area (Å²) in [6, 6.07) is 13.2. The third-order valence-corrected chi connectivity index (χ3v) is 4.33. The van der Waals surface area contributed by atoms with Gasteiger partial charge in [-0.25, -0.2) is 0 Å². The number of anilines is 1. The minimum Gasteiger partial charge on any atom is -0.426 e. The number of nitrogens with zero attached hydrogens (tertiary/aromatic N) is 1. The van der Waals surface area contributed by atoms with Crippen molar-refractivity contribution in [1.82, 2.24) is 0 Å². The fourth-order valence-corrected chi connectivity index (χ4v) is 2.82. The second kappa shape index (κ2) is 7.07. The number of carbonyl (C=O) groups is 3. The summed E-state index contributed by atoms with van der Waals surface area (Å²) >= 11 is 5.86. The lowest BCUT2D eigenvalue weighted by Crippen LogP contribution is -2.27. The summed E-state index contributed by atoms with van der Waals surface area (Å²) in [6.07, 6.45) is 0.104. The molecule has 1 aliphatic heterocycles. The molecule has 0 unspecified atom stereocenters. The fourth-order valence-electron chi connectivity index (χ4n) is 2.69. The maximum Gasteiger partial charge on any atom is 0.316 e. The van der Waals surface area contributed by atoms with Crippen molar-refractivity contribution in [2.24, 2.45) is 5.92 Å². The first kappa shape index (κ1) is 17.2. The van der Waals surface area contributed by atoms with Gasteiger partial charge in [-0.3, -0.25) is 14.4 Å². The Morgan fingerprint density at radius 2 is 1.72 bits per heavy atom. The number of rotatable bonds is 4. The van der Waals surface area contributed by atoms with Gasteiger partial charge in [0.15, 0.2) is 5.78 Å². The molecule has 0 spiro atoms. The van der Waals surface area contributed by atoms with E-state index in [0.717, 1.165) is 0 Å². The van der Waals surface area contributed by atoms with Gasteiger partial charge in [0.1, 0.15) is 5.75 Å². The highest BCUT2D eigenvalue weighted by Crippen LogP contribution is 2.27. The van der Waals surface area contributed by atoms with Crippen molar-refractivity contribution in [2.45, 2.75) is 13.3 Å². The average Bonchev–Trinajstić information content (AvgIpc) is 2.98. The lowest BCUT2D eigenvalue weighted by Gasteiger charge is -2.16. The van der Waals surface area contributed by atoms with E-state index in [1.165, 1.54) is 6.92 Å². The van der Waals surface area contributed by atoms with E-state index in [9.17, 15) is 14.4 Å². The van der Waals surface area contributed by atoms with Crippen molar-refractivity contribution in [3.05, 3.63) is 59.1 Å². The molecule has 0 bridgehead atoms. The van der Waals surface area contributed by atoms with Gasteiger partial charge in [-0.1, -0.05) is 11.6 Å². The zero-order valence-electron chi connectivity index (χ0n) is 13.6. The number of ketones is 1. The van der Waals surface area contributed by atoms with E-state index >= 15 is 0 Å². The van der Waals surface area contributed by atoms with Gasteiger partial charge in [-0.05, 0) is 55.5 Å². The normalized spacial score (nSPS) is 16.8. The zero-order chi connectivity index (χ0) is 18.0. The predicted octanol–water partition coefficient (Wildman–Crippen LogP) is 3.50. The third-order valence-electron chi connectivity index (χ3n) is 4.08. The van der Waals surface area contributed by atoms with E-state index in [-0.39, 0.29) is 24.7 Å². The largest absolute Gasteiger partial charge is 0.426 e. The molecule has 128 valence electrons. The summed E-state index contributed by atoms with van der Waals surface area (Å²) in [5.74, 6) is -0.822. The topological polar surface area (TPSA) is 63.7 Å². The molecule has 1 saturated heterocycles. The zero-order valence-corrected chi connectivity index (χ0v) is 14.3. The van der Waals surface area contributed by atoms with Crippen molar-refractivity contribution in [3.63, 3.8) is 0 Å². The predicted molar refractivity (Wildman–Crippen MR) is 94.0 cm³/mol. The highest BCUT2D eigenvalue weighted by Gasteiger charge is 2.36. The summed E-state index contributed by atoms with van der Waals surface area (Å²) in [6.45, 7) is 1.74. The van der Waals surface area contributed by atoms with E-state index in [1.807, 2.05) is 0 Å². The van der Waals surface area contributed by atoms with E-state index in [0.29, 0.717) is 22.0 Å². The molecule has 0 aliphatic carbocycles. The Balaban J connectivity index is 1.66. The minimum absolute atomic E-state index is 0.0575. The van der Waals surface area contributed by atoms with Crippen LogP contribution in [0.4, 0.5) is 5.69 Å². The van der Waals surface area contributed by atoms with Crippen LogP contribution in [0.3, 0.4) is 0 Å². The number of halogens is 1. The Morgan fingerprint density at radius 1 is 1.08 bits per heavy atom. The molecule has 1 amide bonds. The molecule has 1 aliphatic rings. The molecular formula is C19H16ClNO4. The van der Waals surface area contributed by atoms with Crippen LogP contribution in [0.25, 0.3) is 0 Å². The summed E-state index contributed by atoms with van der Waals surface area (Å²) in [4.78, 5) is 37.3. The van der Waals surface area contributed by atoms with Crippen LogP contribution in [0.15, 0.2) is 48.5 Å². The summed E-state index contributed by atoms with van der Waals surface area (Å²) in [5.41, 5.74) is 1.25. The number of esters is 1. The minimum atomic E-state index is -0.532. The van der Waals surface area contributed by atoms with Crippen molar-refractivity contribution in [2.75, 3.05) is 11.4 Å². The standard InChI is InChI=1S/C19H16ClNO4/c1-12(22)13-2-8-17(9-3-13)25-19(24)14-10-18(23)21(11-14)16-6-4-15(20)5-7-16/h2-9,14H,10-11H2,1H3/t14-/m0/s1. The molecule has 2 aromatic rings. The highest BCUT2D eigenvalue weighted by atomic mass is 35.5. The van der Waals surface area contributed by atoms with Gasteiger partial charge in [-0.15, -0.1) is 0 Å². The SMILES string of the molecule is CC(=O)c1ccc(OC(=O)[C@H]2CC(=O)N(c3ccc(Cl)cc3)C2)cc1. The Morgan fingerprint density at radius 3 is 2.32 bits per heavy atom. The van der Waals surface area contributed by atoms with Gasteiger partial charge in [-0.2, -0.15) is 0 Å². The Bertz CT molecular complexity index is 814. The quantitative estimate of drug-likeness (QED) is 0.477. The van der Waals surface area contributed by atoms with Gasteiger partial charge in [0.05, 0.1) is 5.92 Å². The average molecular weight is 358 g/mol. The van der Waals surface area contributed by atoms with Crippen LogP contribution in [0, 0.1) is 5.92 Å². The fraction of sp³-hybridized carbons (Fsp3) is 0.211. The van der Waals surface area contributed by atoms with Crippen molar-refractivity contribution in [1.29, 1.82) is 0 Å². The number of Topliss-reactive ketones (excluding diaryl/α,β-unsaturated/α-hetero) is 1. The number of carbonyl (C=O) groups excluding carboxylic acids is 3. The van der Waals surface area contributed by atoms with Gasteiger partial charge in [0.25, 0.3) is 0 Å². The van der Waals surface area contributed by atoms with Gasteiger partial charge in [0, 0.05) is 29.2 Å². The number of ether oxygens (including phenoxy) is 1. The monoisotopic (exact) mass is 357 g/mol. The van der Waals surface area contributed by atoms with Crippen LogP contribution >= 0.6 is 11.6 Å². The van der Waals surface area contributed by atoms with Crippen LogP contribution in [0.1, 0.15) is 23.7 Å². The van der Waals surface area contributed by atoms with Crippen molar-refractivity contribution >= 4 is 34.9 Å². The molecule has 5 nitrogen and oxygen atoms in total. The van der Waals surface area contributed by atoms with Gasteiger partial charge < -0.3 is 9.64 Å². The van der Waals surface area contributed by atoms with Crippen LogP contribution < -0.4 is 9.64 Å². The lowest BCUT2D eigenvalue weighted by molar-refractivity contribution is -0.139. The lowest BCUT2D eigenvalue weighted by atomic mass is 10.1. The molecule has 25 heavy (non-hydrogen) atoms. The van der Waals surface area contributed by atoms with E-state index in [2.05, 4.69) is 0 Å². The molecule has 1 fully saturated rings. The number of hydrogen-bond acceptors (Lipinski definition) is 4. The first-order chi connectivity index (χ1) is 11.9. The van der Waals surface area contributed by atoms with Crippen LogP contribution in [-0.4, -0.2) is 24.2 Å². The van der Waals surface area contributed by atoms with Crippen LogP contribution in [0.2, 0.25) is 5.02 Å². The second-order valence-corrected chi connectivity index (χ2v) is 6.32. The molecular weight excluding hydrogens is 342 g/mol. The van der Waals surface area contributed by atoms with Crippen LogP contribution in [-0.2, 0) is 9.59 Å². The van der Waals surface area contributed by atoms with Gasteiger partial charge >= 0.3 is 5.97 Å². The van der Waals surface area contributed by atoms with E-state index < -0.39 is 11.9 Å². The number of amides is 1. The number of benzene rings is 2. The summed E-state index contributed by atoms with van der Waals surface area (Å²) in [5, 5.41) is 0.584. The first-order valence-corrected chi connectivity index (χ1v) is 8.20. The molecule has 0 radical (unpaired) electrons. The highest BCUT2D eigenvalue weighted by molar-refractivity contribution is 6.30. The number of hydrogen-bond donors (Lipinski definition) is 0. The second-order valence-electron chi connectivity index (χ2n) is 5.88. The summed E-state index contributed by atoms with van der Waals surface area (Å²) in [7, 11) is 0. The molecule has 6 heteroatoms. The summed E-state index contributed by atoms with van der Waals surface area (Å²) < 4.78 is 5.33. The molecule has 2 aromatic carbocycles. The maximum atomic E-state index is 12.3. The van der Waals surface area contributed by atoms with Crippen molar-refractivity contribution < 1.29 is 19.1 Å². The van der Waals surface area contributed by atoms with Crippen LogP contribution in [0.5, 0.6) is 5.75 Å². The molecule has 1 heterocycles.